The summed E-state index contributed by atoms with van der Waals surface area (Å²) in [6, 6.07) is 17.0. The average Bonchev–Trinajstić information content (AvgIpc) is 2.85. The van der Waals surface area contributed by atoms with Crippen LogP contribution in [0.25, 0.3) is 21.8 Å². The number of alkyl halides is 3. The molecule has 4 aromatic rings. The number of anilines is 1. The first-order valence-corrected chi connectivity index (χ1v) is 12.4. The van der Waals surface area contributed by atoms with E-state index in [0.717, 1.165) is 65.2 Å². The number of hydrogen-bond donors (Lipinski definition) is 1. The van der Waals surface area contributed by atoms with Crippen LogP contribution in [-0.4, -0.2) is 36.6 Å². The summed E-state index contributed by atoms with van der Waals surface area (Å²) in [4.78, 5) is 6.96. The molecule has 0 saturated heterocycles. The van der Waals surface area contributed by atoms with E-state index >= 15 is 0 Å². The van der Waals surface area contributed by atoms with Crippen LogP contribution in [0, 0.1) is 0 Å². The van der Waals surface area contributed by atoms with Crippen LogP contribution in [0.5, 0.6) is 5.75 Å². The number of aromatic nitrogens is 1. The van der Waals surface area contributed by atoms with Gasteiger partial charge in [-0.3, -0.25) is 4.90 Å². The third kappa shape index (κ3) is 6.20. The number of methoxy groups -OCH3 is 1. The van der Waals surface area contributed by atoms with Gasteiger partial charge >= 0.3 is 6.18 Å². The molecule has 0 fully saturated rings. The molecule has 0 aliphatic heterocycles. The summed E-state index contributed by atoms with van der Waals surface area (Å²) in [5, 5.41) is 6.13. The van der Waals surface area contributed by atoms with Gasteiger partial charge in [-0.2, -0.15) is 13.2 Å². The Kier molecular flexibility index (Phi) is 8.21. The summed E-state index contributed by atoms with van der Waals surface area (Å²) >= 11 is 6.21. The quantitative estimate of drug-likeness (QED) is 0.173. The molecule has 4 nitrogen and oxygen atoms in total. The number of hydrogen-bond acceptors (Lipinski definition) is 4. The summed E-state index contributed by atoms with van der Waals surface area (Å²) < 4.78 is 44.8. The number of nitrogens with zero attached hydrogens (tertiary/aromatic N) is 2. The van der Waals surface area contributed by atoms with E-state index in [9.17, 15) is 13.2 Å². The lowest BCUT2D eigenvalue weighted by atomic mass is 10.1. The second-order valence-electron chi connectivity index (χ2n) is 8.79. The molecular weight excluding hydrogens is 487 g/mol. The molecule has 0 saturated carbocycles. The molecule has 4 rings (SSSR count). The fourth-order valence-corrected chi connectivity index (χ4v) is 4.59. The Balaban J connectivity index is 1.49. The molecule has 36 heavy (non-hydrogen) atoms. The fraction of sp³-hybridized carbons (Fsp3) is 0.321. The second kappa shape index (κ2) is 11.4. The molecule has 1 aromatic heterocycles. The summed E-state index contributed by atoms with van der Waals surface area (Å²) in [6.07, 6.45) is -2.59. The number of ether oxygens (including phenoxy) is 1. The molecule has 8 heteroatoms. The Bertz CT molecular complexity index is 1340. The van der Waals surface area contributed by atoms with Crippen LogP contribution in [0.1, 0.15) is 30.9 Å². The minimum atomic E-state index is -4.33. The van der Waals surface area contributed by atoms with E-state index in [1.807, 2.05) is 36.4 Å². The lowest BCUT2D eigenvalue weighted by molar-refractivity contribution is -0.137. The van der Waals surface area contributed by atoms with Gasteiger partial charge in [-0.25, -0.2) is 4.98 Å². The van der Waals surface area contributed by atoms with E-state index in [2.05, 4.69) is 17.1 Å². The van der Waals surface area contributed by atoms with E-state index < -0.39 is 11.7 Å². The van der Waals surface area contributed by atoms with Crippen LogP contribution in [0.3, 0.4) is 0 Å². The van der Waals surface area contributed by atoms with E-state index in [4.69, 9.17) is 21.3 Å². The molecule has 0 unspecified atom stereocenters. The van der Waals surface area contributed by atoms with E-state index in [1.165, 1.54) is 12.1 Å². The fourth-order valence-electron chi connectivity index (χ4n) is 4.42. The van der Waals surface area contributed by atoms with Crippen molar-refractivity contribution in [2.24, 2.45) is 0 Å². The second-order valence-corrected chi connectivity index (χ2v) is 9.22. The van der Waals surface area contributed by atoms with Gasteiger partial charge in [-0.1, -0.05) is 36.7 Å². The van der Waals surface area contributed by atoms with Crippen LogP contribution in [-0.2, 0) is 12.7 Å². The van der Waals surface area contributed by atoms with Crippen molar-refractivity contribution in [2.45, 2.75) is 32.5 Å². The molecule has 0 atom stereocenters. The van der Waals surface area contributed by atoms with Gasteiger partial charge in [-0.05, 0) is 67.4 Å². The van der Waals surface area contributed by atoms with Crippen molar-refractivity contribution in [3.05, 3.63) is 76.8 Å². The van der Waals surface area contributed by atoms with Crippen LogP contribution in [0.4, 0.5) is 18.9 Å². The maximum Gasteiger partial charge on any atom is 0.416 e. The molecule has 0 spiro atoms. The van der Waals surface area contributed by atoms with Crippen molar-refractivity contribution in [1.29, 1.82) is 0 Å². The van der Waals surface area contributed by atoms with E-state index in [1.54, 1.807) is 13.2 Å². The van der Waals surface area contributed by atoms with Crippen molar-refractivity contribution in [2.75, 3.05) is 32.1 Å². The van der Waals surface area contributed by atoms with Gasteiger partial charge in [0, 0.05) is 35.4 Å². The highest BCUT2D eigenvalue weighted by Crippen LogP contribution is 2.34. The molecule has 0 radical (unpaired) electrons. The van der Waals surface area contributed by atoms with Crippen LogP contribution < -0.4 is 10.1 Å². The standard InChI is InChI=1S/C28H29ClF3N3O/c1-3-13-35(18-19-6-4-7-20(15-19)28(30,31)32)14-5-12-33-27-23-10-8-21(29)16-26(23)34-25-11-9-22(36-2)17-24(25)27/h4,6-11,15-17H,3,5,12-14,18H2,1-2H3,(H,33,34). The van der Waals surface area contributed by atoms with Gasteiger partial charge in [0.1, 0.15) is 5.75 Å². The zero-order chi connectivity index (χ0) is 25.7. The van der Waals surface area contributed by atoms with Crippen molar-refractivity contribution < 1.29 is 17.9 Å². The lowest BCUT2D eigenvalue weighted by Gasteiger charge is -2.23. The normalized spacial score (nSPS) is 12.0. The lowest BCUT2D eigenvalue weighted by Crippen LogP contribution is -2.27. The minimum absolute atomic E-state index is 0.481. The Morgan fingerprint density at radius 2 is 1.81 bits per heavy atom. The third-order valence-corrected chi connectivity index (χ3v) is 6.33. The van der Waals surface area contributed by atoms with Gasteiger partial charge in [0.15, 0.2) is 0 Å². The molecule has 1 N–H and O–H groups in total. The highest BCUT2D eigenvalue weighted by Gasteiger charge is 2.30. The van der Waals surface area contributed by atoms with Gasteiger partial charge in [-0.15, -0.1) is 0 Å². The first-order valence-electron chi connectivity index (χ1n) is 12.0. The summed E-state index contributed by atoms with van der Waals surface area (Å²) in [7, 11) is 1.63. The SMILES string of the molecule is CCCN(CCCNc1c2ccc(Cl)cc2nc2ccc(OC)cc12)Cc1cccc(C(F)(F)F)c1. The van der Waals surface area contributed by atoms with Crippen LogP contribution in [0.15, 0.2) is 60.7 Å². The number of rotatable bonds is 10. The van der Waals surface area contributed by atoms with Crippen molar-refractivity contribution in [1.82, 2.24) is 9.88 Å². The van der Waals surface area contributed by atoms with Gasteiger partial charge in [0.05, 0.1) is 29.4 Å². The number of fused-ring (bicyclic) bond motifs is 2. The zero-order valence-corrected chi connectivity index (χ0v) is 21.1. The first-order chi connectivity index (χ1) is 17.3. The maximum atomic E-state index is 13.1. The molecule has 0 aliphatic rings. The molecule has 0 amide bonds. The van der Waals surface area contributed by atoms with Gasteiger partial charge < -0.3 is 10.1 Å². The van der Waals surface area contributed by atoms with Crippen molar-refractivity contribution in [3.63, 3.8) is 0 Å². The number of halogens is 4. The Morgan fingerprint density at radius 3 is 2.56 bits per heavy atom. The highest BCUT2D eigenvalue weighted by molar-refractivity contribution is 6.31. The van der Waals surface area contributed by atoms with Gasteiger partial charge in [0.25, 0.3) is 0 Å². The molecular formula is C28H29ClF3N3O. The Hall–Kier alpha value is -3.03. The monoisotopic (exact) mass is 515 g/mol. The topological polar surface area (TPSA) is 37.4 Å². The third-order valence-electron chi connectivity index (χ3n) is 6.10. The smallest absolute Gasteiger partial charge is 0.416 e. The largest absolute Gasteiger partial charge is 0.497 e. The zero-order valence-electron chi connectivity index (χ0n) is 20.3. The maximum absolute atomic E-state index is 13.1. The summed E-state index contributed by atoms with van der Waals surface area (Å²) in [5.41, 5.74) is 2.67. The molecule has 1 heterocycles. The van der Waals surface area contributed by atoms with E-state index in [-0.39, 0.29) is 0 Å². The number of nitrogens with one attached hydrogen (secondary N) is 1. The molecule has 0 bridgehead atoms. The van der Waals surface area contributed by atoms with Crippen LogP contribution >= 0.6 is 11.6 Å². The number of pyridine rings is 1. The van der Waals surface area contributed by atoms with E-state index in [0.29, 0.717) is 23.7 Å². The van der Waals surface area contributed by atoms with Gasteiger partial charge in [0.2, 0.25) is 0 Å². The summed E-state index contributed by atoms with van der Waals surface area (Å²) in [6.45, 7) is 4.82. The average molecular weight is 516 g/mol. The number of benzene rings is 3. The predicted octanol–water partition coefficient (Wildman–Crippen LogP) is 7.78. The van der Waals surface area contributed by atoms with Crippen molar-refractivity contribution in [3.8, 4) is 5.75 Å². The Labute approximate surface area is 214 Å². The molecule has 3 aromatic carbocycles. The first kappa shape index (κ1) is 26.0. The highest BCUT2D eigenvalue weighted by atomic mass is 35.5. The van der Waals surface area contributed by atoms with Crippen LogP contribution in [0.2, 0.25) is 5.02 Å². The Morgan fingerprint density at radius 1 is 0.972 bits per heavy atom. The van der Waals surface area contributed by atoms with Crippen molar-refractivity contribution >= 4 is 39.1 Å². The summed E-state index contributed by atoms with van der Waals surface area (Å²) in [5.74, 6) is 0.746. The molecule has 0 aliphatic carbocycles. The molecule has 190 valence electrons. The predicted molar refractivity (Wildman–Crippen MR) is 141 cm³/mol. The minimum Gasteiger partial charge on any atom is -0.497 e.